The highest BCUT2D eigenvalue weighted by molar-refractivity contribution is 5.95. The first-order valence-corrected chi connectivity index (χ1v) is 15.2. The van der Waals surface area contributed by atoms with Crippen molar-refractivity contribution in [2.24, 2.45) is 0 Å². The molecular formula is C36H41FN6O3. The Bertz CT molecular complexity index is 1770. The number of hydrogen-bond donors (Lipinski definition) is 2. The smallest absolute Gasteiger partial charge is 0.213 e. The van der Waals surface area contributed by atoms with E-state index in [1.54, 1.807) is 39.1 Å². The van der Waals surface area contributed by atoms with Crippen LogP contribution in [-0.2, 0) is 9.53 Å². The molecule has 1 fully saturated rings. The molecule has 3 heterocycles. The van der Waals surface area contributed by atoms with Gasteiger partial charge in [-0.2, -0.15) is 0 Å². The number of aromatic nitrogens is 3. The normalized spacial score (nSPS) is 16.1. The number of aromatic amines is 1. The van der Waals surface area contributed by atoms with Crippen molar-refractivity contribution in [3.8, 4) is 0 Å². The first-order chi connectivity index (χ1) is 22.0. The molecule has 0 spiro atoms. The fraction of sp³-hybridized carbons (Fsp3) is 0.306. The molecule has 0 radical (unpaired) electrons. The van der Waals surface area contributed by atoms with E-state index in [-0.39, 0.29) is 11.9 Å². The van der Waals surface area contributed by atoms with E-state index in [1.165, 1.54) is 17.0 Å². The molecule has 1 atom stereocenters. The SMILES string of the molecule is C=C/C(=C\N(C)CC(C)(C)O)c1nc(N2CCOCC2c2ccc(F)cc2)c2cc(/C(=C/N(C)C=O)c3cc[nH]c3C)ccc2n1. The van der Waals surface area contributed by atoms with Crippen LogP contribution < -0.4 is 4.90 Å². The molecule has 1 aliphatic heterocycles. The first-order valence-electron chi connectivity index (χ1n) is 15.2. The fourth-order valence-corrected chi connectivity index (χ4v) is 5.82. The number of allylic oxidation sites excluding steroid dienone is 2. The lowest BCUT2D eigenvalue weighted by Gasteiger charge is -2.37. The van der Waals surface area contributed by atoms with Crippen molar-refractivity contribution in [1.29, 1.82) is 0 Å². The molecule has 0 saturated carbocycles. The highest BCUT2D eigenvalue weighted by Gasteiger charge is 2.29. The van der Waals surface area contributed by atoms with Crippen molar-refractivity contribution in [3.63, 3.8) is 0 Å². The maximum Gasteiger partial charge on any atom is 0.213 e. The number of ether oxygens (including phenoxy) is 1. The summed E-state index contributed by atoms with van der Waals surface area (Å²) >= 11 is 0. The lowest BCUT2D eigenvalue weighted by atomic mass is 9.97. The number of aliphatic hydroxyl groups is 1. The van der Waals surface area contributed by atoms with Gasteiger partial charge in [-0.25, -0.2) is 14.4 Å². The van der Waals surface area contributed by atoms with Crippen LogP contribution in [0.15, 0.2) is 79.8 Å². The summed E-state index contributed by atoms with van der Waals surface area (Å²) < 4.78 is 19.8. The summed E-state index contributed by atoms with van der Waals surface area (Å²) in [4.78, 5) is 30.6. The van der Waals surface area contributed by atoms with Crippen LogP contribution in [0.2, 0.25) is 0 Å². The van der Waals surface area contributed by atoms with Crippen molar-refractivity contribution in [3.05, 3.63) is 114 Å². The summed E-state index contributed by atoms with van der Waals surface area (Å²) in [6.07, 6.45) is 8.04. The van der Waals surface area contributed by atoms with Crippen molar-refractivity contribution in [2.45, 2.75) is 32.4 Å². The van der Waals surface area contributed by atoms with E-state index >= 15 is 0 Å². The summed E-state index contributed by atoms with van der Waals surface area (Å²) in [5.41, 5.74) is 5.11. The predicted octanol–water partition coefficient (Wildman–Crippen LogP) is 5.69. The Morgan fingerprint density at radius 1 is 1.17 bits per heavy atom. The van der Waals surface area contributed by atoms with Gasteiger partial charge < -0.3 is 29.5 Å². The van der Waals surface area contributed by atoms with Gasteiger partial charge in [0.15, 0.2) is 5.82 Å². The van der Waals surface area contributed by atoms with E-state index in [4.69, 9.17) is 14.7 Å². The quantitative estimate of drug-likeness (QED) is 0.164. The first kappa shape index (κ1) is 32.6. The molecule has 46 heavy (non-hydrogen) atoms. The Morgan fingerprint density at radius 2 is 1.93 bits per heavy atom. The number of anilines is 1. The highest BCUT2D eigenvalue weighted by atomic mass is 19.1. The van der Waals surface area contributed by atoms with Gasteiger partial charge in [0, 0.05) is 73.6 Å². The molecule has 1 saturated heterocycles. The van der Waals surface area contributed by atoms with Crippen molar-refractivity contribution < 1.29 is 19.0 Å². The molecule has 4 aromatic rings. The molecule has 9 nitrogen and oxygen atoms in total. The molecule has 1 aliphatic rings. The lowest BCUT2D eigenvalue weighted by Crippen LogP contribution is -2.40. The second kappa shape index (κ2) is 13.7. The number of aryl methyl sites for hydroxylation is 1. The zero-order chi connectivity index (χ0) is 33.0. The molecule has 0 bridgehead atoms. The summed E-state index contributed by atoms with van der Waals surface area (Å²) in [7, 11) is 3.59. The second-order valence-corrected chi connectivity index (χ2v) is 12.3. The number of hydrogen-bond acceptors (Lipinski definition) is 7. The van der Waals surface area contributed by atoms with E-state index in [2.05, 4.69) is 22.5 Å². The third-order valence-corrected chi connectivity index (χ3v) is 7.86. The zero-order valence-electron chi connectivity index (χ0n) is 27.0. The fourth-order valence-electron chi connectivity index (χ4n) is 5.82. The number of nitrogens with zero attached hydrogens (tertiary/aromatic N) is 5. The topological polar surface area (TPSA) is 97.8 Å². The number of morpholine rings is 1. The highest BCUT2D eigenvalue weighted by Crippen LogP contribution is 2.37. The molecular weight excluding hydrogens is 583 g/mol. The summed E-state index contributed by atoms with van der Waals surface area (Å²) in [5.74, 6) is 0.878. The maximum absolute atomic E-state index is 13.9. The van der Waals surface area contributed by atoms with Crippen LogP contribution in [-0.4, -0.2) is 82.3 Å². The van der Waals surface area contributed by atoms with Gasteiger partial charge in [0.1, 0.15) is 11.6 Å². The minimum atomic E-state index is -0.902. The van der Waals surface area contributed by atoms with Gasteiger partial charge in [-0.05, 0) is 62.2 Å². The number of likely N-dealkylation sites (N-methyl/N-ethyl adjacent to an activating group) is 1. The van der Waals surface area contributed by atoms with Crippen LogP contribution in [0.5, 0.6) is 0 Å². The average molecular weight is 625 g/mol. The molecule has 10 heteroatoms. The number of carbonyl (C=O) groups excluding carboxylic acids is 1. The van der Waals surface area contributed by atoms with E-state index in [0.717, 1.165) is 45.3 Å². The number of halogens is 1. The number of nitrogens with one attached hydrogen (secondary N) is 1. The molecule has 2 aromatic carbocycles. The Morgan fingerprint density at radius 3 is 2.59 bits per heavy atom. The minimum absolute atomic E-state index is 0.221. The van der Waals surface area contributed by atoms with Gasteiger partial charge in [-0.15, -0.1) is 0 Å². The Balaban J connectivity index is 1.73. The summed E-state index contributed by atoms with van der Waals surface area (Å²) in [6.45, 7) is 11.4. The number of carbonyl (C=O) groups is 1. The summed E-state index contributed by atoms with van der Waals surface area (Å²) in [6, 6.07) is 14.3. The average Bonchev–Trinajstić information content (AvgIpc) is 3.46. The van der Waals surface area contributed by atoms with Gasteiger partial charge in [0.25, 0.3) is 0 Å². The Hall–Kier alpha value is -4.80. The predicted molar refractivity (Wildman–Crippen MR) is 180 cm³/mol. The van der Waals surface area contributed by atoms with Gasteiger partial charge in [-0.3, -0.25) is 4.79 Å². The summed E-state index contributed by atoms with van der Waals surface area (Å²) in [5, 5.41) is 11.2. The maximum atomic E-state index is 13.9. The molecule has 1 unspecified atom stereocenters. The van der Waals surface area contributed by atoms with Gasteiger partial charge in [-0.1, -0.05) is 30.9 Å². The third-order valence-electron chi connectivity index (χ3n) is 7.86. The van der Waals surface area contributed by atoms with Crippen LogP contribution in [0.25, 0.3) is 22.0 Å². The van der Waals surface area contributed by atoms with Gasteiger partial charge in [0.05, 0.1) is 30.4 Å². The monoisotopic (exact) mass is 624 g/mol. The van der Waals surface area contributed by atoms with E-state index in [9.17, 15) is 14.3 Å². The van der Waals surface area contributed by atoms with Crippen LogP contribution in [0, 0.1) is 12.7 Å². The van der Waals surface area contributed by atoms with Crippen LogP contribution in [0.4, 0.5) is 10.2 Å². The minimum Gasteiger partial charge on any atom is -0.389 e. The molecule has 0 aliphatic carbocycles. The molecule has 5 rings (SSSR count). The Kier molecular flexibility index (Phi) is 9.69. The Labute approximate surface area is 269 Å². The molecule has 1 amide bonds. The number of fused-ring (bicyclic) bond motifs is 1. The van der Waals surface area contributed by atoms with E-state index < -0.39 is 5.60 Å². The van der Waals surface area contributed by atoms with Crippen LogP contribution in [0.3, 0.4) is 0 Å². The van der Waals surface area contributed by atoms with Crippen molar-refractivity contribution in [2.75, 3.05) is 45.3 Å². The largest absolute Gasteiger partial charge is 0.389 e. The van der Waals surface area contributed by atoms with Gasteiger partial charge >= 0.3 is 0 Å². The zero-order valence-corrected chi connectivity index (χ0v) is 27.0. The molecule has 240 valence electrons. The van der Waals surface area contributed by atoms with Crippen molar-refractivity contribution >= 4 is 34.3 Å². The van der Waals surface area contributed by atoms with Crippen LogP contribution in [0.1, 0.15) is 48.1 Å². The standard InChI is InChI=1S/C36H41FN6O3/c1-7-25(19-41(5)22-36(3,4)45)34-39-32-13-10-27(31(20-42(6)23-44)29-14-15-38-24(29)2)18-30(32)35(40-34)43-16-17-46-21-33(43)26-8-11-28(37)12-9-26/h7-15,18-20,23,33,38,45H,1,16-17,21-22H2,2-6H3/b25-19+,31-20-. The second-order valence-electron chi connectivity index (χ2n) is 12.3. The number of rotatable bonds is 11. The molecule has 2 N–H and O–H groups in total. The number of amides is 1. The third kappa shape index (κ3) is 7.35. The lowest BCUT2D eigenvalue weighted by molar-refractivity contribution is -0.114. The van der Waals surface area contributed by atoms with E-state index in [1.807, 2.05) is 55.7 Å². The van der Waals surface area contributed by atoms with Crippen LogP contribution >= 0.6 is 0 Å². The molecule has 2 aromatic heterocycles. The number of benzene rings is 2. The van der Waals surface area contributed by atoms with E-state index in [0.29, 0.717) is 43.5 Å². The van der Waals surface area contributed by atoms with Gasteiger partial charge in [0.2, 0.25) is 6.41 Å². The van der Waals surface area contributed by atoms with Crippen molar-refractivity contribution in [1.82, 2.24) is 24.8 Å². The number of H-pyrrole nitrogens is 1.